The lowest BCUT2D eigenvalue weighted by Crippen LogP contribution is -2.52. The molecule has 1 saturated carbocycles. The number of rotatable bonds is 1. The first-order valence-electron chi connectivity index (χ1n) is 7.17. The van der Waals surface area contributed by atoms with Gasteiger partial charge in [-0.1, -0.05) is 27.2 Å². The molecule has 3 atom stereocenters. The van der Waals surface area contributed by atoms with Gasteiger partial charge in [0.05, 0.1) is 0 Å². The Balaban J connectivity index is 2.14. The van der Waals surface area contributed by atoms with E-state index in [1.165, 1.54) is 32.2 Å². The highest BCUT2D eigenvalue weighted by Gasteiger charge is 2.45. The second-order valence-electron chi connectivity index (χ2n) is 7.25. The Morgan fingerprint density at radius 1 is 1.06 bits per heavy atom. The van der Waals surface area contributed by atoms with Crippen LogP contribution < -0.4 is 0 Å². The molecule has 1 aliphatic carbocycles. The minimum atomic E-state index is 0.510. The lowest BCUT2D eigenvalue weighted by Gasteiger charge is -2.49. The van der Waals surface area contributed by atoms with Crippen LogP contribution in [-0.2, 0) is 0 Å². The van der Waals surface area contributed by atoms with Crippen LogP contribution in [0.2, 0.25) is 0 Å². The van der Waals surface area contributed by atoms with Crippen molar-refractivity contribution in [2.24, 2.45) is 17.3 Å². The van der Waals surface area contributed by atoms with Crippen molar-refractivity contribution in [2.45, 2.75) is 72.4 Å². The number of hydrogen-bond donors (Lipinski definition) is 0. The van der Waals surface area contributed by atoms with Gasteiger partial charge in [-0.3, -0.25) is 4.90 Å². The van der Waals surface area contributed by atoms with Crippen LogP contribution in [0.1, 0.15) is 60.3 Å². The quantitative estimate of drug-likeness (QED) is 0.651. The molecule has 16 heavy (non-hydrogen) atoms. The highest BCUT2D eigenvalue weighted by molar-refractivity contribution is 4.97. The van der Waals surface area contributed by atoms with E-state index in [0.717, 1.165) is 23.9 Å². The maximum Gasteiger partial charge on any atom is 0.0129 e. The van der Waals surface area contributed by atoms with Crippen molar-refractivity contribution >= 4 is 0 Å². The minimum absolute atomic E-state index is 0.510. The van der Waals surface area contributed by atoms with Crippen LogP contribution in [0.25, 0.3) is 0 Å². The van der Waals surface area contributed by atoms with Crippen molar-refractivity contribution in [3.63, 3.8) is 0 Å². The molecule has 1 heterocycles. The van der Waals surface area contributed by atoms with Gasteiger partial charge >= 0.3 is 0 Å². The van der Waals surface area contributed by atoms with Crippen LogP contribution in [0.3, 0.4) is 0 Å². The third kappa shape index (κ3) is 2.16. The van der Waals surface area contributed by atoms with Crippen LogP contribution in [0, 0.1) is 17.3 Å². The summed E-state index contributed by atoms with van der Waals surface area (Å²) in [6.45, 7) is 13.4. The number of likely N-dealkylation sites (tertiary alicyclic amines) is 1. The molecule has 2 aliphatic rings. The molecule has 1 nitrogen and oxygen atoms in total. The van der Waals surface area contributed by atoms with Gasteiger partial charge in [0.2, 0.25) is 0 Å². The predicted molar refractivity (Wildman–Crippen MR) is 70.5 cm³/mol. The van der Waals surface area contributed by atoms with Crippen molar-refractivity contribution in [1.29, 1.82) is 0 Å². The van der Waals surface area contributed by atoms with Gasteiger partial charge < -0.3 is 0 Å². The van der Waals surface area contributed by atoms with Crippen LogP contribution >= 0.6 is 0 Å². The summed E-state index contributed by atoms with van der Waals surface area (Å²) in [5.41, 5.74) is 0.510. The Hall–Kier alpha value is -0.0400. The molecule has 0 amide bonds. The standard InChI is InChI=1S/C15H29N/c1-11(2)16-10-9-13(15(3,4)5)12-7-6-8-14(12)16/h11-14H,6-10H2,1-5H3. The van der Waals surface area contributed by atoms with E-state index in [9.17, 15) is 0 Å². The fourth-order valence-electron chi connectivity index (χ4n) is 4.23. The van der Waals surface area contributed by atoms with Crippen LogP contribution in [0.15, 0.2) is 0 Å². The van der Waals surface area contributed by atoms with Crippen LogP contribution in [0.5, 0.6) is 0 Å². The Bertz CT molecular complexity index is 238. The number of fused-ring (bicyclic) bond motifs is 1. The number of hydrogen-bond acceptors (Lipinski definition) is 1. The highest BCUT2D eigenvalue weighted by atomic mass is 15.2. The molecule has 1 aliphatic heterocycles. The van der Waals surface area contributed by atoms with E-state index < -0.39 is 0 Å². The minimum Gasteiger partial charge on any atom is -0.298 e. The molecule has 2 rings (SSSR count). The van der Waals surface area contributed by atoms with E-state index in [-0.39, 0.29) is 0 Å². The summed E-state index contributed by atoms with van der Waals surface area (Å²) in [6, 6.07) is 1.64. The van der Waals surface area contributed by atoms with Gasteiger partial charge in [-0.2, -0.15) is 0 Å². The zero-order valence-electron chi connectivity index (χ0n) is 11.8. The van der Waals surface area contributed by atoms with E-state index in [1.54, 1.807) is 0 Å². The molecule has 0 N–H and O–H groups in total. The smallest absolute Gasteiger partial charge is 0.0129 e. The van der Waals surface area contributed by atoms with Gasteiger partial charge in [0.15, 0.2) is 0 Å². The first-order valence-corrected chi connectivity index (χ1v) is 7.17. The average molecular weight is 223 g/mol. The Labute approximate surface area is 102 Å². The number of piperidine rings is 1. The Morgan fingerprint density at radius 3 is 2.31 bits per heavy atom. The van der Waals surface area contributed by atoms with Crippen molar-refractivity contribution in [2.75, 3.05) is 6.54 Å². The topological polar surface area (TPSA) is 3.24 Å². The summed E-state index contributed by atoms with van der Waals surface area (Å²) in [5, 5.41) is 0. The molecule has 0 aromatic rings. The first-order chi connectivity index (χ1) is 7.41. The third-order valence-corrected chi connectivity index (χ3v) is 4.95. The van der Waals surface area contributed by atoms with E-state index in [0.29, 0.717) is 5.41 Å². The summed E-state index contributed by atoms with van der Waals surface area (Å²) in [7, 11) is 0. The average Bonchev–Trinajstić information content (AvgIpc) is 2.61. The van der Waals surface area contributed by atoms with Crippen LogP contribution in [-0.4, -0.2) is 23.5 Å². The van der Waals surface area contributed by atoms with E-state index in [1.807, 2.05) is 0 Å². The summed E-state index contributed by atoms with van der Waals surface area (Å²) < 4.78 is 0. The molecule has 94 valence electrons. The van der Waals surface area contributed by atoms with E-state index in [2.05, 4.69) is 39.5 Å². The summed E-state index contributed by atoms with van der Waals surface area (Å²) in [4.78, 5) is 2.78. The fraction of sp³-hybridized carbons (Fsp3) is 1.00. The maximum absolute atomic E-state index is 2.78. The monoisotopic (exact) mass is 223 g/mol. The molecule has 0 aromatic carbocycles. The molecule has 1 heteroatoms. The van der Waals surface area contributed by atoms with E-state index in [4.69, 9.17) is 0 Å². The normalized spacial score (nSPS) is 36.8. The zero-order valence-corrected chi connectivity index (χ0v) is 11.8. The summed E-state index contributed by atoms with van der Waals surface area (Å²) in [5.74, 6) is 1.94. The molecule has 0 radical (unpaired) electrons. The second kappa shape index (κ2) is 4.33. The summed E-state index contributed by atoms with van der Waals surface area (Å²) in [6.07, 6.45) is 5.82. The van der Waals surface area contributed by atoms with E-state index >= 15 is 0 Å². The van der Waals surface area contributed by atoms with Crippen molar-refractivity contribution < 1.29 is 0 Å². The van der Waals surface area contributed by atoms with Gasteiger partial charge in [-0.15, -0.1) is 0 Å². The molecule has 3 unspecified atom stereocenters. The van der Waals surface area contributed by atoms with Gasteiger partial charge in [-0.25, -0.2) is 0 Å². The lowest BCUT2D eigenvalue weighted by atomic mass is 9.67. The Kier molecular flexibility index (Phi) is 3.36. The third-order valence-electron chi connectivity index (χ3n) is 4.95. The van der Waals surface area contributed by atoms with Crippen molar-refractivity contribution in [3.8, 4) is 0 Å². The number of nitrogens with zero attached hydrogens (tertiary/aromatic N) is 1. The summed E-state index contributed by atoms with van der Waals surface area (Å²) >= 11 is 0. The maximum atomic E-state index is 2.78. The molecule has 2 fully saturated rings. The largest absolute Gasteiger partial charge is 0.298 e. The predicted octanol–water partition coefficient (Wildman–Crippen LogP) is 3.93. The van der Waals surface area contributed by atoms with Crippen molar-refractivity contribution in [3.05, 3.63) is 0 Å². The molecule has 0 aromatic heterocycles. The molecule has 1 saturated heterocycles. The molecule has 0 spiro atoms. The molecule has 0 bridgehead atoms. The zero-order chi connectivity index (χ0) is 11.9. The fourth-order valence-corrected chi connectivity index (χ4v) is 4.23. The second-order valence-corrected chi connectivity index (χ2v) is 7.25. The van der Waals surface area contributed by atoms with Gasteiger partial charge in [0, 0.05) is 12.1 Å². The van der Waals surface area contributed by atoms with Crippen molar-refractivity contribution in [1.82, 2.24) is 4.90 Å². The van der Waals surface area contributed by atoms with Crippen LogP contribution in [0.4, 0.5) is 0 Å². The first kappa shape index (κ1) is 12.4. The lowest BCUT2D eigenvalue weighted by molar-refractivity contribution is 0.000124. The van der Waals surface area contributed by atoms with Gasteiger partial charge in [0.1, 0.15) is 0 Å². The Morgan fingerprint density at radius 2 is 1.75 bits per heavy atom. The molecular weight excluding hydrogens is 194 g/mol. The highest BCUT2D eigenvalue weighted by Crippen LogP contribution is 2.47. The van der Waals surface area contributed by atoms with Gasteiger partial charge in [0.25, 0.3) is 0 Å². The SMILES string of the molecule is CC(C)N1CCC(C(C)(C)C)C2CCCC21. The van der Waals surface area contributed by atoms with Gasteiger partial charge in [-0.05, 0) is 56.9 Å². The molecular formula is C15H29N.